The van der Waals surface area contributed by atoms with Crippen LogP contribution in [0.4, 0.5) is 4.39 Å². The third-order valence-corrected chi connectivity index (χ3v) is 4.28. The molecule has 0 aliphatic heterocycles. The minimum atomic E-state index is -0.429. The average molecular weight is 271 g/mol. The normalized spacial score (nSPS) is 14.4. The Bertz CT molecular complexity index is 338. The van der Waals surface area contributed by atoms with Crippen molar-refractivity contribution >= 4 is 11.8 Å². The molecule has 1 atom stereocenters. The molecule has 0 saturated carbocycles. The van der Waals surface area contributed by atoms with Gasteiger partial charge in [-0.1, -0.05) is 19.1 Å². The summed E-state index contributed by atoms with van der Waals surface area (Å²) in [5.41, 5.74) is 6.34. The van der Waals surface area contributed by atoms with E-state index in [1.54, 1.807) is 12.1 Å². The molecule has 1 unspecified atom stereocenters. The van der Waals surface area contributed by atoms with Crippen molar-refractivity contribution in [2.24, 2.45) is 5.73 Å². The standard InChI is InChI=1S/C14H22FNOS/c1-2-18-9-3-8-14(10-16,11-17)12-4-6-13(15)7-5-12/h4-7,17H,2-3,8-11,16H2,1H3. The first-order chi connectivity index (χ1) is 8.68. The minimum Gasteiger partial charge on any atom is -0.395 e. The van der Waals surface area contributed by atoms with Crippen LogP contribution in [-0.4, -0.2) is 29.8 Å². The summed E-state index contributed by atoms with van der Waals surface area (Å²) in [6, 6.07) is 6.31. The molecule has 1 aromatic rings. The Hall–Kier alpha value is -0.580. The van der Waals surface area contributed by atoms with Gasteiger partial charge in [0.05, 0.1) is 6.61 Å². The SMILES string of the molecule is CCSCCCC(CN)(CO)c1ccc(F)cc1. The van der Waals surface area contributed by atoms with Crippen LogP contribution in [0.2, 0.25) is 0 Å². The fraction of sp³-hybridized carbons (Fsp3) is 0.571. The van der Waals surface area contributed by atoms with Crippen LogP contribution in [0.5, 0.6) is 0 Å². The van der Waals surface area contributed by atoms with Crippen LogP contribution in [0.15, 0.2) is 24.3 Å². The van der Waals surface area contributed by atoms with Crippen LogP contribution < -0.4 is 5.73 Å². The molecule has 18 heavy (non-hydrogen) atoms. The van der Waals surface area contributed by atoms with Gasteiger partial charge in [-0.3, -0.25) is 0 Å². The van der Waals surface area contributed by atoms with Gasteiger partial charge in [0.2, 0.25) is 0 Å². The van der Waals surface area contributed by atoms with Gasteiger partial charge in [0, 0.05) is 12.0 Å². The zero-order valence-corrected chi connectivity index (χ0v) is 11.7. The maximum atomic E-state index is 12.9. The van der Waals surface area contributed by atoms with Crippen LogP contribution in [0, 0.1) is 5.82 Å². The highest BCUT2D eigenvalue weighted by Crippen LogP contribution is 2.29. The van der Waals surface area contributed by atoms with Crippen molar-refractivity contribution in [2.75, 3.05) is 24.7 Å². The van der Waals surface area contributed by atoms with Crippen molar-refractivity contribution < 1.29 is 9.50 Å². The van der Waals surface area contributed by atoms with E-state index in [4.69, 9.17) is 5.73 Å². The van der Waals surface area contributed by atoms with Gasteiger partial charge < -0.3 is 10.8 Å². The smallest absolute Gasteiger partial charge is 0.123 e. The monoisotopic (exact) mass is 271 g/mol. The van der Waals surface area contributed by atoms with Gasteiger partial charge >= 0.3 is 0 Å². The predicted molar refractivity (Wildman–Crippen MR) is 76.5 cm³/mol. The lowest BCUT2D eigenvalue weighted by Crippen LogP contribution is -2.39. The highest BCUT2D eigenvalue weighted by atomic mass is 32.2. The summed E-state index contributed by atoms with van der Waals surface area (Å²) in [5.74, 6) is 1.91. The van der Waals surface area contributed by atoms with Gasteiger partial charge in [0.1, 0.15) is 5.82 Å². The van der Waals surface area contributed by atoms with Crippen LogP contribution in [0.25, 0.3) is 0 Å². The Morgan fingerprint density at radius 1 is 1.33 bits per heavy atom. The van der Waals surface area contributed by atoms with Crippen LogP contribution >= 0.6 is 11.8 Å². The number of benzene rings is 1. The molecule has 0 amide bonds. The summed E-state index contributed by atoms with van der Waals surface area (Å²) < 4.78 is 12.9. The van der Waals surface area contributed by atoms with Crippen molar-refractivity contribution in [3.05, 3.63) is 35.6 Å². The largest absolute Gasteiger partial charge is 0.395 e. The first-order valence-corrected chi connectivity index (χ1v) is 7.48. The fourth-order valence-corrected chi connectivity index (χ4v) is 2.70. The first-order valence-electron chi connectivity index (χ1n) is 6.33. The van der Waals surface area contributed by atoms with E-state index in [1.807, 2.05) is 11.8 Å². The molecule has 1 rings (SSSR count). The molecule has 0 fully saturated rings. The maximum Gasteiger partial charge on any atom is 0.123 e. The molecule has 2 nitrogen and oxygen atoms in total. The van der Waals surface area contributed by atoms with Crippen molar-refractivity contribution in [1.29, 1.82) is 0 Å². The molecule has 0 aliphatic rings. The molecule has 3 N–H and O–H groups in total. The Labute approximate surface area is 113 Å². The van der Waals surface area contributed by atoms with Crippen molar-refractivity contribution in [1.82, 2.24) is 0 Å². The molecule has 0 aliphatic carbocycles. The highest BCUT2D eigenvalue weighted by Gasteiger charge is 2.29. The Morgan fingerprint density at radius 2 is 2.00 bits per heavy atom. The molecule has 1 aromatic carbocycles. The molecular weight excluding hydrogens is 249 g/mol. The van der Waals surface area contributed by atoms with Gasteiger partial charge in [-0.2, -0.15) is 11.8 Å². The molecule has 0 saturated heterocycles. The number of aliphatic hydroxyl groups excluding tert-OH is 1. The zero-order chi connectivity index (χ0) is 13.4. The van der Waals surface area contributed by atoms with E-state index in [0.29, 0.717) is 6.54 Å². The lowest BCUT2D eigenvalue weighted by atomic mass is 9.77. The molecule has 0 spiro atoms. The summed E-state index contributed by atoms with van der Waals surface area (Å²) in [7, 11) is 0. The number of thioether (sulfide) groups is 1. The van der Waals surface area contributed by atoms with Gasteiger partial charge in [-0.25, -0.2) is 4.39 Å². The summed E-state index contributed by atoms with van der Waals surface area (Å²) in [6.07, 6.45) is 1.84. The Kier molecular flexibility index (Phi) is 6.68. The number of hydrogen-bond donors (Lipinski definition) is 2. The van der Waals surface area contributed by atoms with Crippen LogP contribution in [-0.2, 0) is 5.41 Å². The Morgan fingerprint density at radius 3 is 2.50 bits per heavy atom. The molecule has 4 heteroatoms. The molecule has 102 valence electrons. The van der Waals surface area contributed by atoms with Crippen molar-refractivity contribution in [3.63, 3.8) is 0 Å². The van der Waals surface area contributed by atoms with Gasteiger partial charge in [-0.15, -0.1) is 0 Å². The average Bonchev–Trinajstić information content (AvgIpc) is 2.41. The second kappa shape index (κ2) is 7.77. The second-order valence-electron chi connectivity index (χ2n) is 4.45. The lowest BCUT2D eigenvalue weighted by Gasteiger charge is -2.31. The third-order valence-electron chi connectivity index (χ3n) is 3.30. The van der Waals surface area contributed by atoms with E-state index in [-0.39, 0.29) is 12.4 Å². The maximum absolute atomic E-state index is 12.9. The third kappa shape index (κ3) is 3.97. The zero-order valence-electron chi connectivity index (χ0n) is 10.9. The number of nitrogens with two attached hydrogens (primary N) is 1. The second-order valence-corrected chi connectivity index (χ2v) is 5.84. The van der Waals surface area contributed by atoms with E-state index < -0.39 is 5.41 Å². The van der Waals surface area contributed by atoms with Gasteiger partial charge in [-0.05, 0) is 42.0 Å². The molecule has 0 bridgehead atoms. The van der Waals surface area contributed by atoms with Crippen LogP contribution in [0.3, 0.4) is 0 Å². The van der Waals surface area contributed by atoms with Crippen LogP contribution in [0.1, 0.15) is 25.3 Å². The lowest BCUT2D eigenvalue weighted by molar-refractivity contribution is 0.187. The summed E-state index contributed by atoms with van der Waals surface area (Å²) in [4.78, 5) is 0. The van der Waals surface area contributed by atoms with E-state index in [1.165, 1.54) is 12.1 Å². The van der Waals surface area contributed by atoms with E-state index >= 15 is 0 Å². The number of rotatable bonds is 8. The summed E-state index contributed by atoms with van der Waals surface area (Å²) in [6.45, 7) is 2.52. The fourth-order valence-electron chi connectivity index (χ4n) is 2.06. The number of hydrogen-bond acceptors (Lipinski definition) is 3. The Balaban J connectivity index is 2.75. The quantitative estimate of drug-likeness (QED) is 0.714. The van der Waals surface area contributed by atoms with E-state index in [2.05, 4.69) is 6.92 Å². The minimum absolute atomic E-state index is 0.00588. The molecule has 0 radical (unpaired) electrons. The number of aliphatic hydroxyl groups is 1. The number of halogens is 1. The van der Waals surface area contributed by atoms with Gasteiger partial charge in [0.25, 0.3) is 0 Å². The van der Waals surface area contributed by atoms with E-state index in [9.17, 15) is 9.50 Å². The van der Waals surface area contributed by atoms with Crippen molar-refractivity contribution in [2.45, 2.75) is 25.2 Å². The molecular formula is C14H22FNOS. The summed E-state index contributed by atoms with van der Waals surface area (Å²) >= 11 is 1.88. The first kappa shape index (κ1) is 15.5. The highest BCUT2D eigenvalue weighted by molar-refractivity contribution is 7.99. The summed E-state index contributed by atoms with van der Waals surface area (Å²) in [5, 5.41) is 9.68. The predicted octanol–water partition coefficient (Wildman–Crippen LogP) is 2.55. The van der Waals surface area contributed by atoms with E-state index in [0.717, 1.165) is 29.9 Å². The molecule has 0 aromatic heterocycles. The molecule has 0 heterocycles. The van der Waals surface area contributed by atoms with Gasteiger partial charge in [0.15, 0.2) is 0 Å². The van der Waals surface area contributed by atoms with Crippen molar-refractivity contribution in [3.8, 4) is 0 Å². The topological polar surface area (TPSA) is 46.2 Å².